The maximum Gasteiger partial charge on any atom is 0.328 e. The first kappa shape index (κ1) is 14.6. The summed E-state index contributed by atoms with van der Waals surface area (Å²) in [4.78, 5) is 26.1. The van der Waals surface area contributed by atoms with Crippen molar-refractivity contribution in [2.75, 3.05) is 13.2 Å². The average Bonchev–Trinajstić information content (AvgIpc) is 2.86. The van der Waals surface area contributed by atoms with E-state index in [0.717, 1.165) is 17.5 Å². The van der Waals surface area contributed by atoms with Gasteiger partial charge in [0.1, 0.15) is 6.04 Å². The Morgan fingerprint density at radius 1 is 1.25 bits per heavy atom. The van der Waals surface area contributed by atoms with Gasteiger partial charge in [-0.3, -0.25) is 4.79 Å². The maximum atomic E-state index is 12.6. The fourth-order valence-electron chi connectivity index (χ4n) is 2.76. The van der Waals surface area contributed by atoms with Gasteiger partial charge in [-0.1, -0.05) is 17.2 Å². The minimum absolute atomic E-state index is 0.0765. The molecule has 20 heavy (non-hydrogen) atoms. The van der Waals surface area contributed by atoms with Gasteiger partial charge >= 0.3 is 5.97 Å². The van der Waals surface area contributed by atoms with Gasteiger partial charge in [0, 0.05) is 12.1 Å². The van der Waals surface area contributed by atoms with Gasteiger partial charge in [0.2, 0.25) is 0 Å². The zero-order chi connectivity index (χ0) is 14.7. The molecule has 0 saturated carbocycles. The highest BCUT2D eigenvalue weighted by atomic mass is 16.5. The zero-order valence-corrected chi connectivity index (χ0v) is 12.3. The Morgan fingerprint density at radius 2 is 1.90 bits per heavy atom. The third-order valence-electron chi connectivity index (χ3n) is 3.54. The van der Waals surface area contributed by atoms with E-state index in [4.69, 9.17) is 4.74 Å². The zero-order valence-electron chi connectivity index (χ0n) is 12.3. The Kier molecular flexibility index (Phi) is 4.42. The third-order valence-corrected chi connectivity index (χ3v) is 3.54. The maximum absolute atomic E-state index is 12.6. The van der Waals surface area contributed by atoms with Crippen LogP contribution in [0.25, 0.3) is 0 Å². The van der Waals surface area contributed by atoms with Crippen molar-refractivity contribution in [2.24, 2.45) is 0 Å². The van der Waals surface area contributed by atoms with Crippen LogP contribution in [-0.2, 0) is 9.53 Å². The fourth-order valence-corrected chi connectivity index (χ4v) is 2.76. The van der Waals surface area contributed by atoms with E-state index in [1.54, 1.807) is 11.8 Å². The lowest BCUT2D eigenvalue weighted by Gasteiger charge is -2.23. The number of hydrogen-bond acceptors (Lipinski definition) is 3. The van der Waals surface area contributed by atoms with Gasteiger partial charge in [0.25, 0.3) is 5.91 Å². The summed E-state index contributed by atoms with van der Waals surface area (Å²) in [6.45, 7) is 6.69. The number of likely N-dealkylation sites (tertiary alicyclic amines) is 1. The van der Waals surface area contributed by atoms with Gasteiger partial charge < -0.3 is 9.64 Å². The summed E-state index contributed by atoms with van der Waals surface area (Å²) in [6, 6.07) is 5.35. The van der Waals surface area contributed by atoms with E-state index >= 15 is 0 Å². The SMILES string of the molecule is CCOC(=O)C1CCCN1C(=O)c1cc(C)cc(C)c1. The van der Waals surface area contributed by atoms with Crippen LogP contribution in [0.2, 0.25) is 0 Å². The van der Waals surface area contributed by atoms with Gasteiger partial charge in [0.15, 0.2) is 0 Å². The van der Waals surface area contributed by atoms with E-state index in [2.05, 4.69) is 0 Å². The van der Waals surface area contributed by atoms with E-state index in [0.29, 0.717) is 25.1 Å². The number of nitrogens with zero attached hydrogens (tertiary/aromatic N) is 1. The van der Waals surface area contributed by atoms with Crippen LogP contribution in [0.4, 0.5) is 0 Å². The molecule has 1 unspecified atom stereocenters. The van der Waals surface area contributed by atoms with Gasteiger partial charge in [-0.2, -0.15) is 0 Å². The van der Waals surface area contributed by atoms with E-state index in [1.165, 1.54) is 0 Å². The van der Waals surface area contributed by atoms with Crippen molar-refractivity contribution < 1.29 is 14.3 Å². The van der Waals surface area contributed by atoms with E-state index in [9.17, 15) is 9.59 Å². The highest BCUT2D eigenvalue weighted by Crippen LogP contribution is 2.22. The Balaban J connectivity index is 2.21. The summed E-state index contributed by atoms with van der Waals surface area (Å²) in [6.07, 6.45) is 1.54. The molecule has 1 aromatic rings. The van der Waals surface area contributed by atoms with E-state index < -0.39 is 6.04 Å². The van der Waals surface area contributed by atoms with Gasteiger partial charge in [0.05, 0.1) is 6.61 Å². The molecule has 0 radical (unpaired) electrons. The summed E-state index contributed by atoms with van der Waals surface area (Å²) in [5, 5.41) is 0. The van der Waals surface area contributed by atoms with Crippen molar-refractivity contribution in [3.63, 3.8) is 0 Å². The number of benzene rings is 1. The second-order valence-corrected chi connectivity index (χ2v) is 5.29. The quantitative estimate of drug-likeness (QED) is 0.796. The van der Waals surface area contributed by atoms with Crippen LogP contribution in [0.1, 0.15) is 41.3 Å². The number of hydrogen-bond donors (Lipinski definition) is 0. The number of aryl methyl sites for hydroxylation is 2. The topological polar surface area (TPSA) is 46.6 Å². The lowest BCUT2D eigenvalue weighted by atomic mass is 10.1. The third kappa shape index (κ3) is 3.00. The first-order valence-electron chi connectivity index (χ1n) is 7.09. The van der Waals surface area contributed by atoms with Crippen molar-refractivity contribution in [3.8, 4) is 0 Å². The highest BCUT2D eigenvalue weighted by Gasteiger charge is 2.35. The summed E-state index contributed by atoms with van der Waals surface area (Å²) in [5.74, 6) is -0.366. The standard InChI is InChI=1S/C16H21NO3/c1-4-20-16(19)14-6-5-7-17(14)15(18)13-9-11(2)8-12(3)10-13/h8-10,14H,4-7H2,1-3H3. The Labute approximate surface area is 119 Å². The second-order valence-electron chi connectivity index (χ2n) is 5.29. The monoisotopic (exact) mass is 275 g/mol. The molecule has 108 valence electrons. The molecule has 1 aliphatic heterocycles. The number of amides is 1. The minimum atomic E-state index is -0.428. The van der Waals surface area contributed by atoms with Crippen LogP contribution in [0.3, 0.4) is 0 Å². The second kappa shape index (κ2) is 6.07. The number of carbonyl (C=O) groups excluding carboxylic acids is 2. The van der Waals surface area contributed by atoms with Gasteiger partial charge in [-0.05, 0) is 45.7 Å². The van der Waals surface area contributed by atoms with Crippen molar-refractivity contribution in [3.05, 3.63) is 34.9 Å². The van der Waals surface area contributed by atoms with Crippen LogP contribution < -0.4 is 0 Å². The molecule has 1 fully saturated rings. The molecule has 1 amide bonds. The molecule has 1 saturated heterocycles. The summed E-state index contributed by atoms with van der Waals surface area (Å²) in [5.41, 5.74) is 2.76. The van der Waals surface area contributed by atoms with Gasteiger partial charge in [-0.25, -0.2) is 4.79 Å². The molecular weight excluding hydrogens is 254 g/mol. The van der Waals surface area contributed by atoms with Crippen LogP contribution in [0, 0.1) is 13.8 Å². The number of esters is 1. The number of ether oxygens (including phenoxy) is 1. The largest absolute Gasteiger partial charge is 0.464 e. The predicted octanol–water partition coefficient (Wildman–Crippen LogP) is 2.47. The molecule has 0 spiro atoms. The molecule has 0 aliphatic carbocycles. The van der Waals surface area contributed by atoms with Crippen LogP contribution in [0.15, 0.2) is 18.2 Å². The molecule has 4 heteroatoms. The van der Waals surface area contributed by atoms with Crippen molar-refractivity contribution in [2.45, 2.75) is 39.7 Å². The number of rotatable bonds is 3. The molecule has 1 aromatic carbocycles. The van der Waals surface area contributed by atoms with Crippen LogP contribution in [0.5, 0.6) is 0 Å². The fraction of sp³-hybridized carbons (Fsp3) is 0.500. The van der Waals surface area contributed by atoms with Gasteiger partial charge in [-0.15, -0.1) is 0 Å². The minimum Gasteiger partial charge on any atom is -0.464 e. The Hall–Kier alpha value is -1.84. The molecule has 1 aliphatic rings. The first-order chi connectivity index (χ1) is 9.52. The lowest BCUT2D eigenvalue weighted by molar-refractivity contribution is -0.147. The molecule has 0 aromatic heterocycles. The predicted molar refractivity (Wildman–Crippen MR) is 76.6 cm³/mol. The number of carbonyl (C=O) groups is 2. The molecule has 0 N–H and O–H groups in total. The van der Waals surface area contributed by atoms with Crippen molar-refractivity contribution >= 4 is 11.9 Å². The van der Waals surface area contributed by atoms with Crippen LogP contribution in [-0.4, -0.2) is 36.0 Å². The average molecular weight is 275 g/mol. The van der Waals surface area contributed by atoms with Crippen molar-refractivity contribution in [1.29, 1.82) is 0 Å². The van der Waals surface area contributed by atoms with E-state index in [-0.39, 0.29) is 11.9 Å². The molecule has 4 nitrogen and oxygen atoms in total. The molecular formula is C16H21NO3. The molecule has 2 rings (SSSR count). The normalized spacial score (nSPS) is 18.1. The highest BCUT2D eigenvalue weighted by molar-refractivity contribution is 5.97. The summed E-state index contributed by atoms with van der Waals surface area (Å²) < 4.78 is 5.06. The lowest BCUT2D eigenvalue weighted by Crippen LogP contribution is -2.41. The Morgan fingerprint density at radius 3 is 2.50 bits per heavy atom. The first-order valence-corrected chi connectivity index (χ1v) is 7.09. The van der Waals surface area contributed by atoms with E-state index in [1.807, 2.05) is 32.0 Å². The Bertz CT molecular complexity index is 504. The molecule has 1 atom stereocenters. The molecule has 1 heterocycles. The molecule has 0 bridgehead atoms. The van der Waals surface area contributed by atoms with Crippen molar-refractivity contribution in [1.82, 2.24) is 4.90 Å². The smallest absolute Gasteiger partial charge is 0.328 e. The summed E-state index contributed by atoms with van der Waals surface area (Å²) >= 11 is 0. The van der Waals surface area contributed by atoms with Crippen LogP contribution >= 0.6 is 0 Å². The summed E-state index contributed by atoms with van der Waals surface area (Å²) in [7, 11) is 0.